The van der Waals surface area contributed by atoms with Crippen molar-refractivity contribution < 1.29 is 32.9 Å². The molecule has 6 nitrogen and oxygen atoms in total. The van der Waals surface area contributed by atoms with Crippen LogP contribution in [0.2, 0.25) is 0 Å². The average molecular weight is 394 g/mol. The Balaban J connectivity index is 1.98. The van der Waals surface area contributed by atoms with E-state index in [2.05, 4.69) is 5.10 Å². The summed E-state index contributed by atoms with van der Waals surface area (Å²) in [5.41, 5.74) is -3.33. The molecule has 0 bridgehead atoms. The third-order valence-electron chi connectivity index (χ3n) is 4.42. The maximum absolute atomic E-state index is 13.6. The number of aliphatic hydroxyl groups excluding tert-OH is 1. The van der Waals surface area contributed by atoms with Gasteiger partial charge in [-0.15, -0.1) is 0 Å². The molecule has 1 aliphatic heterocycles. The summed E-state index contributed by atoms with van der Waals surface area (Å²) in [6, 6.07) is 13.4. The summed E-state index contributed by atoms with van der Waals surface area (Å²) in [7, 11) is 1.44. The molecule has 1 heterocycles. The lowest BCUT2D eigenvalue weighted by molar-refractivity contribution is -0.303. The molecule has 148 valence electrons. The monoisotopic (exact) mass is 394 g/mol. The lowest BCUT2D eigenvalue weighted by Gasteiger charge is -2.33. The Kier molecular flexibility index (Phi) is 5.14. The van der Waals surface area contributed by atoms with E-state index in [-0.39, 0.29) is 21.8 Å². The lowest BCUT2D eigenvalue weighted by Crippen LogP contribution is -2.57. The molecule has 9 heteroatoms. The summed E-state index contributed by atoms with van der Waals surface area (Å²) in [6.07, 6.45) is -8.05. The molecule has 2 aromatic carbocycles. The number of carbonyl (C=O) groups is 1. The summed E-state index contributed by atoms with van der Waals surface area (Å²) in [6.45, 7) is 0. The molecule has 0 spiro atoms. The summed E-state index contributed by atoms with van der Waals surface area (Å²) in [5.74, 6) is -0.893. The van der Waals surface area contributed by atoms with E-state index in [0.29, 0.717) is 5.75 Å². The Morgan fingerprint density at radius 1 is 1.18 bits per heavy atom. The van der Waals surface area contributed by atoms with E-state index in [0.717, 1.165) is 0 Å². The number of hydrazone groups is 1. The zero-order valence-corrected chi connectivity index (χ0v) is 14.7. The van der Waals surface area contributed by atoms with E-state index < -0.39 is 30.3 Å². The van der Waals surface area contributed by atoms with Crippen LogP contribution in [0.15, 0.2) is 59.7 Å². The van der Waals surface area contributed by atoms with Gasteiger partial charge >= 0.3 is 6.18 Å². The molecule has 2 aromatic rings. The van der Waals surface area contributed by atoms with E-state index >= 15 is 0 Å². The Bertz CT molecular complexity index is 884. The molecule has 0 unspecified atom stereocenters. The predicted molar refractivity (Wildman–Crippen MR) is 93.4 cm³/mol. The molecule has 0 aromatic heterocycles. The van der Waals surface area contributed by atoms with E-state index in [1.165, 1.54) is 55.6 Å². The number of nitrogens with zero attached hydrogens (tertiary/aromatic N) is 2. The van der Waals surface area contributed by atoms with Gasteiger partial charge in [-0.3, -0.25) is 4.79 Å². The number of aliphatic hydroxyl groups is 2. The first-order chi connectivity index (χ1) is 13.2. The highest BCUT2D eigenvalue weighted by Gasteiger charge is 2.63. The first kappa shape index (κ1) is 19.8. The van der Waals surface area contributed by atoms with Crippen molar-refractivity contribution in [2.75, 3.05) is 7.11 Å². The lowest BCUT2D eigenvalue weighted by atomic mass is 10.00. The fourth-order valence-electron chi connectivity index (χ4n) is 2.84. The Morgan fingerprint density at radius 3 is 2.32 bits per heavy atom. The van der Waals surface area contributed by atoms with Crippen molar-refractivity contribution in [1.29, 1.82) is 0 Å². The first-order valence-corrected chi connectivity index (χ1v) is 8.25. The second kappa shape index (κ2) is 7.25. The second-order valence-corrected chi connectivity index (χ2v) is 6.23. The van der Waals surface area contributed by atoms with Gasteiger partial charge in [-0.1, -0.05) is 30.3 Å². The maximum Gasteiger partial charge on any atom is 0.438 e. The van der Waals surface area contributed by atoms with Gasteiger partial charge in [-0.25, -0.2) is 0 Å². The highest BCUT2D eigenvalue weighted by atomic mass is 19.4. The Hall–Kier alpha value is -2.91. The molecular weight excluding hydrogens is 377 g/mol. The van der Waals surface area contributed by atoms with Gasteiger partial charge in [0.2, 0.25) is 0 Å². The van der Waals surface area contributed by atoms with Crippen LogP contribution < -0.4 is 4.74 Å². The summed E-state index contributed by atoms with van der Waals surface area (Å²) < 4.78 is 45.8. The van der Waals surface area contributed by atoms with Crippen LogP contribution in [0.5, 0.6) is 5.75 Å². The van der Waals surface area contributed by atoms with Crippen LogP contribution in [0, 0.1) is 0 Å². The highest BCUT2D eigenvalue weighted by Crippen LogP contribution is 2.42. The van der Waals surface area contributed by atoms with Crippen molar-refractivity contribution in [1.82, 2.24) is 5.01 Å². The van der Waals surface area contributed by atoms with Crippen LogP contribution in [-0.4, -0.2) is 45.9 Å². The number of benzene rings is 2. The van der Waals surface area contributed by atoms with Gasteiger partial charge in [0.15, 0.2) is 6.10 Å². The van der Waals surface area contributed by atoms with Crippen LogP contribution in [0.4, 0.5) is 13.2 Å². The standard InChI is InChI=1S/C19H17F3N2O4/c1-28-14-9-7-12(8-10-14)15-11-18(27,19(20,21)22)24(23-15)17(26)16(25)13-5-3-2-4-6-13/h2-10,16,25,27H,11H2,1H3/t16-,18-/m1/s1. The van der Waals surface area contributed by atoms with Gasteiger partial charge in [0.05, 0.1) is 19.2 Å². The van der Waals surface area contributed by atoms with Gasteiger partial charge in [0.25, 0.3) is 11.6 Å². The highest BCUT2D eigenvalue weighted by molar-refractivity contribution is 6.04. The number of methoxy groups -OCH3 is 1. The molecule has 0 aliphatic carbocycles. The number of hydrogen-bond acceptors (Lipinski definition) is 5. The van der Waals surface area contributed by atoms with E-state index in [9.17, 15) is 28.2 Å². The normalized spacial score (nSPS) is 20.6. The number of carbonyl (C=O) groups excluding carboxylic acids is 1. The van der Waals surface area contributed by atoms with E-state index in [1.807, 2.05) is 0 Å². The number of ether oxygens (including phenoxy) is 1. The fourth-order valence-corrected chi connectivity index (χ4v) is 2.84. The second-order valence-electron chi connectivity index (χ2n) is 6.23. The van der Waals surface area contributed by atoms with Gasteiger partial charge < -0.3 is 14.9 Å². The smallest absolute Gasteiger partial charge is 0.438 e. The molecule has 0 saturated carbocycles. The predicted octanol–water partition coefficient (Wildman–Crippen LogP) is 2.62. The van der Waals surface area contributed by atoms with Gasteiger partial charge in [-0.2, -0.15) is 23.3 Å². The minimum atomic E-state index is -5.18. The van der Waals surface area contributed by atoms with Crippen LogP contribution in [0.25, 0.3) is 0 Å². The quantitative estimate of drug-likeness (QED) is 0.835. The maximum atomic E-state index is 13.6. The molecule has 2 atom stereocenters. The van der Waals surface area contributed by atoms with Gasteiger partial charge in [-0.05, 0) is 35.4 Å². The van der Waals surface area contributed by atoms with Crippen molar-refractivity contribution in [3.05, 3.63) is 65.7 Å². The average Bonchev–Trinajstić information content (AvgIpc) is 3.06. The van der Waals surface area contributed by atoms with Crippen molar-refractivity contribution >= 4 is 11.6 Å². The molecule has 0 fully saturated rings. The number of rotatable bonds is 4. The van der Waals surface area contributed by atoms with Crippen LogP contribution in [0.3, 0.4) is 0 Å². The zero-order chi connectivity index (χ0) is 20.5. The third-order valence-corrected chi connectivity index (χ3v) is 4.42. The molecule has 1 aliphatic rings. The first-order valence-electron chi connectivity index (χ1n) is 8.25. The summed E-state index contributed by atoms with van der Waals surface area (Å²) in [5, 5.41) is 24.2. The summed E-state index contributed by atoms with van der Waals surface area (Å²) in [4.78, 5) is 12.6. The number of amides is 1. The van der Waals surface area contributed by atoms with Crippen molar-refractivity contribution in [3.8, 4) is 5.75 Å². The Morgan fingerprint density at radius 2 is 1.79 bits per heavy atom. The molecule has 0 radical (unpaired) electrons. The summed E-state index contributed by atoms with van der Waals surface area (Å²) >= 11 is 0. The number of alkyl halides is 3. The SMILES string of the molecule is COc1ccc(C2=NN(C(=O)[C@H](O)c3ccccc3)[C@](O)(C(F)(F)F)C2)cc1. The largest absolute Gasteiger partial charge is 0.497 e. The topological polar surface area (TPSA) is 82.4 Å². The van der Waals surface area contributed by atoms with Crippen molar-refractivity contribution in [2.45, 2.75) is 24.4 Å². The molecule has 3 rings (SSSR count). The number of hydrogen-bond donors (Lipinski definition) is 2. The zero-order valence-electron chi connectivity index (χ0n) is 14.7. The van der Waals surface area contributed by atoms with Crippen LogP contribution in [0.1, 0.15) is 23.7 Å². The Labute approximate surface area is 158 Å². The molecule has 28 heavy (non-hydrogen) atoms. The molecule has 2 N–H and O–H groups in total. The molecule has 0 saturated heterocycles. The van der Waals surface area contributed by atoms with Crippen molar-refractivity contribution in [3.63, 3.8) is 0 Å². The van der Waals surface area contributed by atoms with Crippen LogP contribution >= 0.6 is 0 Å². The van der Waals surface area contributed by atoms with Crippen LogP contribution in [-0.2, 0) is 4.79 Å². The number of halogens is 3. The van der Waals surface area contributed by atoms with Gasteiger partial charge in [0, 0.05) is 0 Å². The third kappa shape index (κ3) is 3.46. The fraction of sp³-hybridized carbons (Fsp3) is 0.263. The minimum Gasteiger partial charge on any atom is -0.497 e. The van der Waals surface area contributed by atoms with Crippen molar-refractivity contribution in [2.24, 2.45) is 5.10 Å². The van der Waals surface area contributed by atoms with Gasteiger partial charge in [0.1, 0.15) is 5.75 Å². The van der Waals surface area contributed by atoms with E-state index in [4.69, 9.17) is 4.74 Å². The molecular formula is C19H17F3N2O4. The van der Waals surface area contributed by atoms with E-state index in [1.54, 1.807) is 6.07 Å². The molecule has 1 amide bonds. The minimum absolute atomic E-state index is 0.0791.